The van der Waals surface area contributed by atoms with Crippen LogP contribution in [0.25, 0.3) is 10.2 Å². The van der Waals surface area contributed by atoms with Crippen LogP contribution in [0.1, 0.15) is 12.8 Å². The van der Waals surface area contributed by atoms with Crippen LogP contribution in [0, 0.1) is 0 Å². The smallest absolute Gasteiger partial charge is 0.242 e. The summed E-state index contributed by atoms with van der Waals surface area (Å²) in [4.78, 5) is 23.4. The van der Waals surface area contributed by atoms with Crippen LogP contribution in [-0.4, -0.2) is 35.5 Å². The molecule has 2 aromatic heterocycles. The van der Waals surface area contributed by atoms with Gasteiger partial charge in [0.2, 0.25) is 11.2 Å². The Hall–Kier alpha value is -1.40. The molecule has 1 fully saturated rings. The van der Waals surface area contributed by atoms with Gasteiger partial charge in [-0.15, -0.1) is 11.3 Å². The van der Waals surface area contributed by atoms with Crippen LogP contribution in [0.15, 0.2) is 11.4 Å². The molecule has 1 atom stereocenters. The molecule has 3 rings (SSSR count). The van der Waals surface area contributed by atoms with Crippen LogP contribution >= 0.6 is 22.9 Å². The highest BCUT2D eigenvalue weighted by molar-refractivity contribution is 7.16. The molecule has 1 unspecified atom stereocenters. The minimum atomic E-state index is -0.168. The summed E-state index contributed by atoms with van der Waals surface area (Å²) in [7, 11) is 1.66. The number of thiophene rings is 1. The normalized spacial score (nSPS) is 19.1. The van der Waals surface area contributed by atoms with E-state index in [0.717, 1.165) is 35.4 Å². The van der Waals surface area contributed by atoms with Crippen molar-refractivity contribution in [3.05, 3.63) is 16.7 Å². The molecule has 0 bridgehead atoms. The number of carbonyl (C=O) groups excluding carboxylic acids is 1. The predicted molar refractivity (Wildman–Crippen MR) is 76.9 cm³/mol. The van der Waals surface area contributed by atoms with Crippen molar-refractivity contribution in [1.29, 1.82) is 0 Å². The quantitative estimate of drug-likeness (QED) is 0.862. The van der Waals surface area contributed by atoms with Gasteiger partial charge in [0.15, 0.2) is 0 Å². The summed E-state index contributed by atoms with van der Waals surface area (Å²) in [5.74, 6) is 0.790. The number of nitrogens with zero attached hydrogens (tertiary/aromatic N) is 3. The molecule has 1 aliphatic heterocycles. The summed E-state index contributed by atoms with van der Waals surface area (Å²) in [6.45, 7) is 0.816. The maximum Gasteiger partial charge on any atom is 0.242 e. The molecule has 2 aromatic rings. The molecule has 0 aliphatic carbocycles. The topological polar surface area (TPSA) is 58.1 Å². The maximum absolute atomic E-state index is 11.9. The van der Waals surface area contributed by atoms with Gasteiger partial charge in [-0.1, -0.05) is 0 Å². The predicted octanol–water partition coefficient (Wildman–Crippen LogP) is 2.06. The molecule has 0 spiro atoms. The second-order valence-electron chi connectivity index (χ2n) is 4.42. The van der Waals surface area contributed by atoms with E-state index in [2.05, 4.69) is 15.3 Å². The fourth-order valence-corrected chi connectivity index (χ4v) is 3.47. The van der Waals surface area contributed by atoms with Gasteiger partial charge in [0.1, 0.15) is 16.7 Å². The van der Waals surface area contributed by atoms with E-state index in [1.54, 1.807) is 7.05 Å². The van der Waals surface area contributed by atoms with E-state index >= 15 is 0 Å². The number of amides is 1. The zero-order chi connectivity index (χ0) is 13.4. The van der Waals surface area contributed by atoms with Gasteiger partial charge in [-0.3, -0.25) is 4.79 Å². The molecule has 3 heterocycles. The van der Waals surface area contributed by atoms with Gasteiger partial charge in [0, 0.05) is 13.6 Å². The lowest BCUT2D eigenvalue weighted by molar-refractivity contribution is -0.121. The lowest BCUT2D eigenvalue weighted by Crippen LogP contribution is -2.42. The Kier molecular flexibility index (Phi) is 3.28. The van der Waals surface area contributed by atoms with Crippen molar-refractivity contribution in [1.82, 2.24) is 15.3 Å². The summed E-state index contributed by atoms with van der Waals surface area (Å²) in [6, 6.07) is 1.81. The summed E-state index contributed by atoms with van der Waals surface area (Å²) in [5.41, 5.74) is 0. The van der Waals surface area contributed by atoms with Crippen molar-refractivity contribution in [3.8, 4) is 0 Å². The van der Waals surface area contributed by atoms with Gasteiger partial charge in [-0.05, 0) is 35.9 Å². The first kappa shape index (κ1) is 12.6. The third kappa shape index (κ3) is 2.15. The average molecular weight is 297 g/mol. The Bertz CT molecular complexity index is 629. The number of likely N-dealkylation sites (N-methyl/N-ethyl adjacent to an activating group) is 1. The van der Waals surface area contributed by atoms with Gasteiger partial charge in [0.05, 0.1) is 5.39 Å². The van der Waals surface area contributed by atoms with E-state index in [-0.39, 0.29) is 17.2 Å². The summed E-state index contributed by atoms with van der Waals surface area (Å²) < 4.78 is 0. The molecule has 1 N–H and O–H groups in total. The van der Waals surface area contributed by atoms with Crippen LogP contribution in [0.5, 0.6) is 0 Å². The lowest BCUT2D eigenvalue weighted by atomic mass is 10.2. The minimum absolute atomic E-state index is 0.0237. The van der Waals surface area contributed by atoms with Gasteiger partial charge >= 0.3 is 0 Å². The number of anilines is 1. The first-order valence-corrected chi connectivity index (χ1v) is 7.35. The largest absolute Gasteiger partial charge is 0.357 e. The molecule has 0 aromatic carbocycles. The summed E-state index contributed by atoms with van der Waals surface area (Å²) in [5, 5.41) is 5.86. The monoisotopic (exact) mass is 296 g/mol. The van der Waals surface area contributed by atoms with Crippen molar-refractivity contribution in [2.24, 2.45) is 0 Å². The average Bonchev–Trinajstić information content (AvgIpc) is 3.04. The molecular formula is C12H13ClN4OS. The summed E-state index contributed by atoms with van der Waals surface area (Å²) in [6.07, 6.45) is 1.82. The van der Waals surface area contributed by atoms with Crippen molar-refractivity contribution in [2.45, 2.75) is 18.9 Å². The Labute approximate surface area is 119 Å². The fraction of sp³-hybridized carbons (Fsp3) is 0.417. The zero-order valence-corrected chi connectivity index (χ0v) is 12.0. The van der Waals surface area contributed by atoms with E-state index < -0.39 is 0 Å². The number of halogens is 1. The van der Waals surface area contributed by atoms with Crippen molar-refractivity contribution in [2.75, 3.05) is 18.5 Å². The van der Waals surface area contributed by atoms with Crippen molar-refractivity contribution < 1.29 is 4.79 Å². The fourth-order valence-electron chi connectivity index (χ4n) is 2.49. The van der Waals surface area contributed by atoms with E-state index in [4.69, 9.17) is 11.6 Å². The standard InChI is InChI=1S/C12H13ClN4OS/c1-14-10(18)8-3-2-5-17(8)9-7-4-6-19-11(7)16-12(13)15-9/h4,6,8H,2-3,5H2,1H3,(H,14,18). The number of fused-ring (bicyclic) bond motifs is 1. The molecule has 0 saturated carbocycles. The second kappa shape index (κ2) is 4.94. The first-order valence-electron chi connectivity index (χ1n) is 6.09. The maximum atomic E-state index is 11.9. The van der Waals surface area contributed by atoms with Crippen LogP contribution in [0.2, 0.25) is 5.28 Å². The highest BCUT2D eigenvalue weighted by Gasteiger charge is 2.32. The van der Waals surface area contributed by atoms with Crippen LogP contribution in [-0.2, 0) is 4.79 Å². The van der Waals surface area contributed by atoms with Gasteiger partial charge in [0.25, 0.3) is 0 Å². The van der Waals surface area contributed by atoms with Crippen molar-refractivity contribution in [3.63, 3.8) is 0 Å². The Balaban J connectivity index is 2.08. The highest BCUT2D eigenvalue weighted by Crippen LogP contribution is 2.33. The van der Waals surface area contributed by atoms with E-state index in [1.165, 1.54) is 11.3 Å². The SMILES string of the molecule is CNC(=O)C1CCCN1c1nc(Cl)nc2sccc12. The number of aromatic nitrogens is 2. The number of carbonyl (C=O) groups is 1. The van der Waals surface area contributed by atoms with E-state index in [9.17, 15) is 4.79 Å². The second-order valence-corrected chi connectivity index (χ2v) is 5.65. The molecule has 5 nitrogen and oxygen atoms in total. The molecular weight excluding hydrogens is 284 g/mol. The van der Waals surface area contributed by atoms with Gasteiger partial charge < -0.3 is 10.2 Å². The number of rotatable bonds is 2. The molecule has 1 amide bonds. The Morgan fingerprint density at radius 2 is 2.42 bits per heavy atom. The molecule has 19 heavy (non-hydrogen) atoms. The number of hydrogen-bond donors (Lipinski definition) is 1. The van der Waals surface area contributed by atoms with Crippen LogP contribution in [0.4, 0.5) is 5.82 Å². The number of nitrogens with one attached hydrogen (secondary N) is 1. The Morgan fingerprint density at radius 1 is 1.58 bits per heavy atom. The number of hydrogen-bond acceptors (Lipinski definition) is 5. The van der Waals surface area contributed by atoms with Crippen LogP contribution in [0.3, 0.4) is 0 Å². The molecule has 1 aliphatic rings. The summed E-state index contributed by atoms with van der Waals surface area (Å²) >= 11 is 7.50. The first-order chi connectivity index (χ1) is 9.20. The van der Waals surface area contributed by atoms with E-state index in [1.807, 2.05) is 16.3 Å². The van der Waals surface area contributed by atoms with E-state index in [0.29, 0.717) is 0 Å². The zero-order valence-electron chi connectivity index (χ0n) is 10.4. The van der Waals surface area contributed by atoms with Gasteiger partial charge in [-0.2, -0.15) is 4.98 Å². The lowest BCUT2D eigenvalue weighted by Gasteiger charge is -2.24. The Morgan fingerprint density at radius 3 is 3.21 bits per heavy atom. The molecule has 7 heteroatoms. The highest BCUT2D eigenvalue weighted by atomic mass is 35.5. The van der Waals surface area contributed by atoms with Gasteiger partial charge in [-0.25, -0.2) is 4.98 Å². The molecule has 1 saturated heterocycles. The minimum Gasteiger partial charge on any atom is -0.357 e. The molecule has 0 radical (unpaired) electrons. The van der Waals surface area contributed by atoms with Crippen LogP contribution < -0.4 is 10.2 Å². The molecule has 100 valence electrons. The van der Waals surface area contributed by atoms with Crippen molar-refractivity contribution >= 4 is 44.9 Å². The third-order valence-corrected chi connectivity index (χ3v) is 4.33. The third-order valence-electron chi connectivity index (χ3n) is 3.35.